The van der Waals surface area contributed by atoms with Crippen LogP contribution in [-0.2, 0) is 20.7 Å². The predicted octanol–water partition coefficient (Wildman–Crippen LogP) is 3.45. The monoisotopic (exact) mass is 466 g/mol. The molecule has 0 unspecified atom stereocenters. The van der Waals surface area contributed by atoms with Gasteiger partial charge in [0.05, 0.1) is 45.0 Å². The van der Waals surface area contributed by atoms with Gasteiger partial charge in [0.15, 0.2) is 0 Å². The predicted molar refractivity (Wildman–Crippen MR) is 126 cm³/mol. The van der Waals surface area contributed by atoms with Crippen molar-refractivity contribution in [3.05, 3.63) is 59.4 Å². The van der Waals surface area contributed by atoms with Crippen molar-refractivity contribution in [2.75, 3.05) is 39.2 Å². The highest BCUT2D eigenvalue weighted by atomic mass is 19.1. The van der Waals surface area contributed by atoms with Crippen molar-refractivity contribution in [1.82, 2.24) is 4.90 Å². The van der Waals surface area contributed by atoms with Gasteiger partial charge in [-0.05, 0) is 48.7 Å². The van der Waals surface area contributed by atoms with E-state index in [0.29, 0.717) is 42.1 Å². The number of carbonyl (C=O) groups is 2. The van der Waals surface area contributed by atoms with E-state index in [0.717, 1.165) is 0 Å². The molecule has 8 heteroatoms. The Hall–Kier alpha value is -4.17. The maximum Gasteiger partial charge on any atom is 0.337 e. The van der Waals surface area contributed by atoms with Crippen LogP contribution in [0.5, 0.6) is 5.75 Å². The fourth-order valence-corrected chi connectivity index (χ4v) is 2.98. The van der Waals surface area contributed by atoms with E-state index in [1.165, 1.54) is 31.3 Å². The molecule has 0 aromatic heterocycles. The van der Waals surface area contributed by atoms with Crippen LogP contribution in [0, 0.1) is 29.8 Å². The number of nitrogens with zero attached hydrogens (tertiary/aromatic N) is 1. The maximum absolute atomic E-state index is 13.4. The van der Waals surface area contributed by atoms with E-state index in [1.54, 1.807) is 37.3 Å². The molecule has 0 bridgehead atoms. The van der Waals surface area contributed by atoms with E-state index in [2.05, 4.69) is 29.3 Å². The van der Waals surface area contributed by atoms with E-state index in [-0.39, 0.29) is 18.9 Å². The average Bonchev–Trinajstić information content (AvgIpc) is 2.83. The number of esters is 1. The highest BCUT2D eigenvalue weighted by molar-refractivity contribution is 5.90. The van der Waals surface area contributed by atoms with Gasteiger partial charge in [-0.2, -0.15) is 0 Å². The van der Waals surface area contributed by atoms with Gasteiger partial charge in [-0.3, -0.25) is 9.69 Å². The molecule has 1 N–H and O–H groups in total. The van der Waals surface area contributed by atoms with Crippen LogP contribution in [0.2, 0.25) is 0 Å². The first kappa shape index (κ1) is 26.1. The summed E-state index contributed by atoms with van der Waals surface area (Å²) < 4.78 is 28.8. The molecule has 2 aromatic rings. The smallest absolute Gasteiger partial charge is 0.337 e. The van der Waals surface area contributed by atoms with Gasteiger partial charge in [-0.1, -0.05) is 18.1 Å². The first-order chi connectivity index (χ1) is 16.5. The zero-order valence-corrected chi connectivity index (χ0v) is 19.4. The van der Waals surface area contributed by atoms with Crippen molar-refractivity contribution in [3.63, 3.8) is 0 Å². The summed E-state index contributed by atoms with van der Waals surface area (Å²) in [6.45, 7) is 2.55. The number of amides is 1. The van der Waals surface area contributed by atoms with Crippen LogP contribution >= 0.6 is 0 Å². The number of halogens is 1. The molecular weight excluding hydrogens is 439 g/mol. The molecular formula is C26H27FN2O5. The van der Waals surface area contributed by atoms with Gasteiger partial charge in [-0.25, -0.2) is 9.18 Å². The largest absolute Gasteiger partial charge is 0.491 e. The molecule has 7 nitrogen and oxygen atoms in total. The first-order valence-electron chi connectivity index (χ1n) is 10.6. The van der Waals surface area contributed by atoms with Gasteiger partial charge >= 0.3 is 5.97 Å². The Kier molecular flexibility index (Phi) is 10.8. The van der Waals surface area contributed by atoms with Crippen LogP contribution in [0.15, 0.2) is 42.5 Å². The van der Waals surface area contributed by atoms with Crippen LogP contribution in [0.1, 0.15) is 29.3 Å². The number of anilines is 1. The van der Waals surface area contributed by atoms with Crippen molar-refractivity contribution in [2.24, 2.45) is 0 Å². The number of carbonyl (C=O) groups excluding carboxylic acids is 2. The van der Waals surface area contributed by atoms with E-state index in [9.17, 15) is 14.0 Å². The third-order valence-corrected chi connectivity index (χ3v) is 4.52. The lowest BCUT2D eigenvalue weighted by Gasteiger charge is -2.17. The average molecular weight is 467 g/mol. The van der Waals surface area contributed by atoms with Crippen LogP contribution < -0.4 is 10.1 Å². The molecule has 178 valence electrons. The third kappa shape index (κ3) is 8.40. The van der Waals surface area contributed by atoms with Gasteiger partial charge in [0.1, 0.15) is 17.7 Å². The molecule has 0 aliphatic heterocycles. The summed E-state index contributed by atoms with van der Waals surface area (Å²) in [6, 6.07) is 13.6. The normalized spacial score (nSPS) is 9.53. The fourth-order valence-electron chi connectivity index (χ4n) is 2.98. The highest BCUT2D eigenvalue weighted by Crippen LogP contribution is 2.26. The highest BCUT2D eigenvalue weighted by Gasteiger charge is 2.14. The van der Waals surface area contributed by atoms with Crippen LogP contribution in [0.3, 0.4) is 0 Å². The van der Waals surface area contributed by atoms with E-state index >= 15 is 0 Å². The maximum atomic E-state index is 13.4. The topological polar surface area (TPSA) is 77.1 Å². The first-order valence-corrected chi connectivity index (χ1v) is 10.6. The summed E-state index contributed by atoms with van der Waals surface area (Å²) in [5.41, 5.74) is 1.57. The molecule has 1 amide bonds. The van der Waals surface area contributed by atoms with Crippen LogP contribution in [-0.4, -0.2) is 50.7 Å². The zero-order valence-electron chi connectivity index (χ0n) is 19.4. The van der Waals surface area contributed by atoms with E-state index in [1.807, 2.05) is 0 Å². The van der Waals surface area contributed by atoms with Gasteiger partial charge in [-0.15, -0.1) is 0 Å². The molecule has 0 saturated carbocycles. The van der Waals surface area contributed by atoms with Crippen molar-refractivity contribution in [3.8, 4) is 29.7 Å². The van der Waals surface area contributed by atoms with Gasteiger partial charge in [0.25, 0.3) is 0 Å². The lowest BCUT2D eigenvalue weighted by Crippen LogP contribution is -2.29. The molecule has 0 aliphatic carbocycles. The zero-order chi connectivity index (χ0) is 24.8. The molecule has 0 radical (unpaired) electrons. The number of ether oxygens (including phenoxy) is 3. The molecule has 2 aromatic carbocycles. The summed E-state index contributed by atoms with van der Waals surface area (Å²) in [4.78, 5) is 25.9. The van der Waals surface area contributed by atoms with Gasteiger partial charge in [0.2, 0.25) is 5.91 Å². The SMILES string of the molecule is CC#CN(CCCOc1cc(C(=O)OC)ccc1NCC#COC)C(=O)Cc1cccc(F)c1. The molecule has 2 rings (SSSR count). The second-order valence-corrected chi connectivity index (χ2v) is 6.95. The Bertz CT molecular complexity index is 1110. The molecule has 34 heavy (non-hydrogen) atoms. The number of hydrogen-bond acceptors (Lipinski definition) is 6. The molecule has 0 heterocycles. The summed E-state index contributed by atoms with van der Waals surface area (Å²) in [6.07, 6.45) is 3.01. The van der Waals surface area contributed by atoms with Crippen molar-refractivity contribution in [1.29, 1.82) is 0 Å². The second-order valence-electron chi connectivity index (χ2n) is 6.95. The standard InChI is InChI=1S/C26H27FN2O5/c1-4-13-29(25(30)18-20-8-5-9-22(27)17-20)14-7-16-34-24-19-21(26(31)33-3)10-11-23(24)28-12-6-15-32-2/h5,8-11,17,19,28H,7,12,14,16,18H2,1-3H3. The molecule has 0 spiro atoms. The number of rotatable bonds is 10. The molecule has 0 fully saturated rings. The summed E-state index contributed by atoms with van der Waals surface area (Å²) >= 11 is 0. The summed E-state index contributed by atoms with van der Waals surface area (Å²) in [5.74, 6) is 4.85. The van der Waals surface area contributed by atoms with E-state index < -0.39 is 11.8 Å². The Morgan fingerprint density at radius 1 is 1.15 bits per heavy atom. The van der Waals surface area contributed by atoms with E-state index in [4.69, 9.17) is 14.2 Å². The minimum Gasteiger partial charge on any atom is -0.491 e. The van der Waals surface area contributed by atoms with Crippen LogP contribution in [0.4, 0.5) is 10.1 Å². The third-order valence-electron chi connectivity index (χ3n) is 4.52. The Labute approximate surface area is 199 Å². The van der Waals surface area contributed by atoms with Gasteiger partial charge in [0, 0.05) is 19.0 Å². The number of hydrogen-bond donors (Lipinski definition) is 1. The van der Waals surface area contributed by atoms with Crippen molar-refractivity contribution >= 4 is 17.6 Å². The van der Waals surface area contributed by atoms with Crippen molar-refractivity contribution < 1.29 is 28.2 Å². The molecule has 0 aliphatic rings. The minimum absolute atomic E-state index is 0.0467. The quantitative estimate of drug-likeness (QED) is 0.250. The summed E-state index contributed by atoms with van der Waals surface area (Å²) in [7, 11) is 2.78. The Morgan fingerprint density at radius 3 is 2.68 bits per heavy atom. The number of benzene rings is 2. The van der Waals surface area contributed by atoms with Crippen LogP contribution in [0.25, 0.3) is 0 Å². The Morgan fingerprint density at radius 2 is 1.97 bits per heavy atom. The number of nitrogens with one attached hydrogen (secondary N) is 1. The molecule has 0 atom stereocenters. The minimum atomic E-state index is -0.483. The lowest BCUT2D eigenvalue weighted by atomic mass is 10.1. The van der Waals surface area contributed by atoms with Gasteiger partial charge < -0.3 is 19.5 Å². The van der Waals surface area contributed by atoms with Crippen molar-refractivity contribution in [2.45, 2.75) is 19.8 Å². The lowest BCUT2D eigenvalue weighted by molar-refractivity contribution is -0.127. The fraction of sp³-hybridized carbons (Fsp3) is 0.308. The summed E-state index contributed by atoms with van der Waals surface area (Å²) in [5, 5.41) is 3.10. The Balaban J connectivity index is 2.00. The number of methoxy groups -OCH3 is 2. The second kappa shape index (κ2) is 14.1. The molecule has 0 saturated heterocycles.